The minimum Gasteiger partial charge on any atom is -0.421 e. The van der Waals surface area contributed by atoms with Crippen LogP contribution in [-0.2, 0) is 4.79 Å². The van der Waals surface area contributed by atoms with E-state index in [1.54, 1.807) is 31.2 Å². The van der Waals surface area contributed by atoms with Gasteiger partial charge in [0, 0.05) is 11.0 Å². The quantitative estimate of drug-likeness (QED) is 0.635. The van der Waals surface area contributed by atoms with Crippen LogP contribution < -0.4 is 10.9 Å². The molecule has 0 fully saturated rings. The standard InChI is InChI=1S/C13H11NO3/c1-8(2)12(15)14-10-7-9-5-3-4-6-11(9)17-13(10)16/h3-7H,1H2,2H3,(H,14,15). The number of para-hydroxylation sites is 1. The Morgan fingerprint density at radius 2 is 2.06 bits per heavy atom. The SMILES string of the molecule is C=C(C)C(=O)Nc1cc2ccccc2oc1=O. The summed E-state index contributed by atoms with van der Waals surface area (Å²) in [6.45, 7) is 5.07. The normalized spacial score (nSPS) is 10.2. The van der Waals surface area contributed by atoms with E-state index in [1.807, 2.05) is 6.07 Å². The zero-order valence-electron chi connectivity index (χ0n) is 9.32. The molecule has 0 unspecified atom stereocenters. The van der Waals surface area contributed by atoms with Crippen molar-refractivity contribution in [3.63, 3.8) is 0 Å². The van der Waals surface area contributed by atoms with Crippen LogP contribution in [0.2, 0.25) is 0 Å². The highest BCUT2D eigenvalue weighted by molar-refractivity contribution is 6.03. The lowest BCUT2D eigenvalue weighted by atomic mass is 10.2. The van der Waals surface area contributed by atoms with Crippen molar-refractivity contribution in [1.82, 2.24) is 0 Å². The van der Waals surface area contributed by atoms with Gasteiger partial charge in [0.15, 0.2) is 0 Å². The monoisotopic (exact) mass is 229 g/mol. The number of hydrogen-bond acceptors (Lipinski definition) is 3. The molecule has 17 heavy (non-hydrogen) atoms. The second-order valence-corrected chi connectivity index (χ2v) is 3.72. The van der Waals surface area contributed by atoms with Crippen molar-refractivity contribution >= 4 is 22.6 Å². The van der Waals surface area contributed by atoms with Crippen LogP contribution in [-0.4, -0.2) is 5.91 Å². The fraction of sp³-hybridized carbons (Fsp3) is 0.0769. The Kier molecular flexibility index (Phi) is 2.78. The maximum Gasteiger partial charge on any atom is 0.360 e. The van der Waals surface area contributed by atoms with Gasteiger partial charge in [-0.05, 0) is 19.1 Å². The molecule has 1 amide bonds. The van der Waals surface area contributed by atoms with Gasteiger partial charge in [-0.2, -0.15) is 0 Å². The van der Waals surface area contributed by atoms with Crippen LogP contribution in [0.5, 0.6) is 0 Å². The summed E-state index contributed by atoms with van der Waals surface area (Å²) in [5.41, 5.74) is 0.374. The molecule has 4 heteroatoms. The van der Waals surface area contributed by atoms with Crippen LogP contribution in [0.15, 0.2) is 51.7 Å². The van der Waals surface area contributed by atoms with Gasteiger partial charge in [0.05, 0.1) is 0 Å². The van der Waals surface area contributed by atoms with E-state index in [4.69, 9.17) is 4.42 Å². The maximum absolute atomic E-state index is 11.6. The van der Waals surface area contributed by atoms with E-state index < -0.39 is 11.5 Å². The smallest absolute Gasteiger partial charge is 0.360 e. The molecule has 0 saturated heterocycles. The van der Waals surface area contributed by atoms with Gasteiger partial charge < -0.3 is 9.73 Å². The molecule has 0 aliphatic rings. The van der Waals surface area contributed by atoms with Gasteiger partial charge in [0.2, 0.25) is 0 Å². The Bertz CT molecular complexity index is 655. The molecule has 2 aromatic rings. The largest absolute Gasteiger partial charge is 0.421 e. The van der Waals surface area contributed by atoms with E-state index in [0.29, 0.717) is 11.2 Å². The van der Waals surface area contributed by atoms with Crippen LogP contribution >= 0.6 is 0 Å². The van der Waals surface area contributed by atoms with Crippen molar-refractivity contribution in [2.75, 3.05) is 5.32 Å². The van der Waals surface area contributed by atoms with Gasteiger partial charge >= 0.3 is 5.63 Å². The van der Waals surface area contributed by atoms with Gasteiger partial charge in [-0.3, -0.25) is 4.79 Å². The number of fused-ring (bicyclic) bond motifs is 1. The van der Waals surface area contributed by atoms with Gasteiger partial charge in [0.1, 0.15) is 11.3 Å². The summed E-state index contributed by atoms with van der Waals surface area (Å²) < 4.78 is 5.07. The molecule has 0 saturated carbocycles. The zero-order valence-corrected chi connectivity index (χ0v) is 9.32. The van der Waals surface area contributed by atoms with Crippen molar-refractivity contribution in [1.29, 1.82) is 0 Å². The third-order valence-electron chi connectivity index (χ3n) is 2.28. The Morgan fingerprint density at radius 3 is 2.76 bits per heavy atom. The first kappa shape index (κ1) is 11.1. The number of nitrogens with one attached hydrogen (secondary N) is 1. The number of hydrogen-bond donors (Lipinski definition) is 1. The van der Waals surface area contributed by atoms with E-state index in [9.17, 15) is 9.59 Å². The molecule has 1 N–H and O–H groups in total. The molecule has 0 spiro atoms. The lowest BCUT2D eigenvalue weighted by Crippen LogP contribution is -2.17. The van der Waals surface area contributed by atoms with Gasteiger partial charge in [-0.1, -0.05) is 24.8 Å². The average Bonchev–Trinajstić information content (AvgIpc) is 2.29. The molecule has 0 atom stereocenters. The molecule has 4 nitrogen and oxygen atoms in total. The number of rotatable bonds is 2. The first-order valence-electron chi connectivity index (χ1n) is 5.07. The summed E-state index contributed by atoms with van der Waals surface area (Å²) in [6, 6.07) is 8.68. The molecule has 0 bridgehead atoms. The lowest BCUT2D eigenvalue weighted by Gasteiger charge is -2.04. The van der Waals surface area contributed by atoms with Crippen molar-refractivity contribution in [3.05, 3.63) is 52.9 Å². The number of anilines is 1. The molecule has 86 valence electrons. The fourth-order valence-corrected chi connectivity index (χ4v) is 1.38. The van der Waals surface area contributed by atoms with Crippen molar-refractivity contribution in [2.24, 2.45) is 0 Å². The van der Waals surface area contributed by atoms with Gasteiger partial charge in [-0.25, -0.2) is 4.79 Å². The second kappa shape index (κ2) is 4.25. The first-order chi connectivity index (χ1) is 8.08. The highest BCUT2D eigenvalue weighted by Crippen LogP contribution is 2.15. The molecule has 1 heterocycles. The summed E-state index contributed by atoms with van der Waals surface area (Å²) in [5, 5.41) is 3.21. The van der Waals surface area contributed by atoms with E-state index >= 15 is 0 Å². The van der Waals surface area contributed by atoms with E-state index in [-0.39, 0.29) is 5.69 Å². The van der Waals surface area contributed by atoms with Crippen LogP contribution in [0.4, 0.5) is 5.69 Å². The lowest BCUT2D eigenvalue weighted by molar-refractivity contribution is -0.112. The Labute approximate surface area is 97.6 Å². The molecule has 0 aliphatic carbocycles. The van der Waals surface area contributed by atoms with Gasteiger partial charge in [0.25, 0.3) is 5.91 Å². The topological polar surface area (TPSA) is 59.3 Å². The Hall–Kier alpha value is -2.36. The zero-order chi connectivity index (χ0) is 12.4. The highest BCUT2D eigenvalue weighted by Gasteiger charge is 2.08. The van der Waals surface area contributed by atoms with Crippen molar-refractivity contribution < 1.29 is 9.21 Å². The molecule has 2 rings (SSSR count). The predicted octanol–water partition coefficient (Wildman–Crippen LogP) is 2.31. The molecule has 0 aliphatic heterocycles. The molecular weight excluding hydrogens is 218 g/mol. The summed E-state index contributed by atoms with van der Waals surface area (Å²) in [6.07, 6.45) is 0. The predicted molar refractivity (Wildman–Crippen MR) is 65.9 cm³/mol. The molecular formula is C13H11NO3. The van der Waals surface area contributed by atoms with Crippen molar-refractivity contribution in [3.8, 4) is 0 Å². The highest BCUT2D eigenvalue weighted by atomic mass is 16.4. The summed E-state index contributed by atoms with van der Waals surface area (Å²) >= 11 is 0. The van der Waals surface area contributed by atoms with E-state index in [0.717, 1.165) is 5.39 Å². The number of benzene rings is 1. The van der Waals surface area contributed by atoms with E-state index in [1.165, 1.54) is 0 Å². The second-order valence-electron chi connectivity index (χ2n) is 3.72. The number of carbonyl (C=O) groups is 1. The summed E-state index contributed by atoms with van der Waals surface area (Å²) in [5.74, 6) is -0.396. The fourth-order valence-electron chi connectivity index (χ4n) is 1.38. The Morgan fingerprint density at radius 1 is 1.35 bits per heavy atom. The first-order valence-corrected chi connectivity index (χ1v) is 5.07. The molecule has 1 aromatic carbocycles. The maximum atomic E-state index is 11.6. The third kappa shape index (κ3) is 2.25. The van der Waals surface area contributed by atoms with Crippen LogP contribution in [0.3, 0.4) is 0 Å². The Balaban J connectivity index is 2.48. The van der Waals surface area contributed by atoms with Crippen molar-refractivity contribution in [2.45, 2.75) is 6.92 Å². The van der Waals surface area contributed by atoms with Crippen LogP contribution in [0.25, 0.3) is 11.0 Å². The summed E-state index contributed by atoms with van der Waals surface area (Å²) in [7, 11) is 0. The van der Waals surface area contributed by atoms with Gasteiger partial charge in [-0.15, -0.1) is 0 Å². The van der Waals surface area contributed by atoms with E-state index in [2.05, 4.69) is 11.9 Å². The minimum atomic E-state index is -0.571. The minimum absolute atomic E-state index is 0.122. The summed E-state index contributed by atoms with van der Waals surface area (Å²) in [4.78, 5) is 23.0. The van der Waals surface area contributed by atoms with Crippen LogP contribution in [0, 0.1) is 0 Å². The number of amides is 1. The molecule has 0 radical (unpaired) electrons. The number of carbonyl (C=O) groups excluding carboxylic acids is 1. The average molecular weight is 229 g/mol. The third-order valence-corrected chi connectivity index (χ3v) is 2.28. The van der Waals surface area contributed by atoms with Crippen LogP contribution in [0.1, 0.15) is 6.92 Å². The molecule has 1 aromatic heterocycles.